The highest BCUT2D eigenvalue weighted by molar-refractivity contribution is 8.41. The summed E-state index contributed by atoms with van der Waals surface area (Å²) in [5.74, 6) is 4.63. The molecule has 216 valence electrons. The summed E-state index contributed by atoms with van der Waals surface area (Å²) in [5.41, 5.74) is 0. The molecule has 2 bridgehead atoms. The van der Waals surface area contributed by atoms with Gasteiger partial charge in [-0.2, -0.15) is 0 Å². The number of piperidine rings is 1. The van der Waals surface area contributed by atoms with E-state index in [9.17, 15) is 4.79 Å². The third kappa shape index (κ3) is 4.52. The lowest BCUT2D eigenvalue weighted by Crippen LogP contribution is -2.49. The Morgan fingerprint density at radius 1 is 0.974 bits per heavy atom. The SMILES string of the molecule is Cc1nnc(C(C)C)n1C1C[C@@H]2CC[C@@H](C1)N2CC[C@H](NC(=O)C1CCCCC1)[C@@H]1C=CCS12[C@H]1CCC[C@@H]12. The number of carbonyl (C=O) groups is 1. The summed E-state index contributed by atoms with van der Waals surface area (Å²) in [6.45, 7) is 7.76. The summed E-state index contributed by atoms with van der Waals surface area (Å²) in [5, 5.41) is 15.4. The standard InChI is InChI=1S/C32H51N5OS/c1-21(2)31-35-34-22(3)37(31)26-19-24-14-15-25(20-26)36(24)17-16-27(33-32(38)23-9-5-4-6-10-23)28-13-8-18-39(28)29-11-7-12-30(29)39/h8,13,21,23-30H,4-7,9-12,14-20H2,1-3H3,(H,33,38)/t24-,25-,27-,28-,29-,30-/m0/s1. The number of hydrogen-bond acceptors (Lipinski definition) is 4. The average molecular weight is 554 g/mol. The maximum absolute atomic E-state index is 13.6. The lowest BCUT2D eigenvalue weighted by atomic mass is 9.88. The fourth-order valence-electron chi connectivity index (χ4n) is 9.86. The molecule has 3 saturated heterocycles. The molecule has 6 atom stereocenters. The molecule has 4 aliphatic heterocycles. The largest absolute Gasteiger partial charge is 0.352 e. The number of nitrogens with one attached hydrogen (secondary N) is 1. The Hall–Kier alpha value is -1.34. The van der Waals surface area contributed by atoms with Crippen molar-refractivity contribution < 1.29 is 4.79 Å². The van der Waals surface area contributed by atoms with Crippen molar-refractivity contribution in [1.82, 2.24) is 25.0 Å². The molecule has 7 rings (SSSR count). The molecule has 1 spiro atoms. The summed E-state index contributed by atoms with van der Waals surface area (Å²) in [6, 6.07) is 2.18. The van der Waals surface area contributed by atoms with E-state index in [1.54, 1.807) is 0 Å². The van der Waals surface area contributed by atoms with Crippen LogP contribution in [-0.2, 0) is 4.79 Å². The second-order valence-electron chi connectivity index (χ2n) is 14.1. The summed E-state index contributed by atoms with van der Waals surface area (Å²) >= 11 is 0. The molecule has 0 radical (unpaired) electrons. The van der Waals surface area contributed by atoms with Crippen LogP contribution < -0.4 is 5.32 Å². The predicted octanol–water partition coefficient (Wildman–Crippen LogP) is 6.01. The monoisotopic (exact) mass is 553 g/mol. The Morgan fingerprint density at radius 3 is 2.38 bits per heavy atom. The van der Waals surface area contributed by atoms with Crippen LogP contribution >= 0.6 is 10.0 Å². The van der Waals surface area contributed by atoms with Gasteiger partial charge in [-0.1, -0.05) is 51.7 Å². The highest BCUT2D eigenvalue weighted by Crippen LogP contribution is 2.84. The van der Waals surface area contributed by atoms with Crippen molar-refractivity contribution in [3.63, 3.8) is 0 Å². The highest BCUT2D eigenvalue weighted by atomic mass is 32.3. The van der Waals surface area contributed by atoms with Crippen LogP contribution in [0.1, 0.15) is 121 Å². The normalized spacial score (nSPS) is 40.2. The Kier molecular flexibility index (Phi) is 7.14. The average Bonchev–Trinajstić information content (AvgIpc) is 3.49. The van der Waals surface area contributed by atoms with Crippen molar-refractivity contribution in [2.45, 2.75) is 150 Å². The smallest absolute Gasteiger partial charge is 0.223 e. The fraction of sp³-hybridized carbons (Fsp3) is 0.844. The van der Waals surface area contributed by atoms with E-state index >= 15 is 0 Å². The molecule has 6 nitrogen and oxygen atoms in total. The molecular weight excluding hydrogens is 502 g/mol. The van der Waals surface area contributed by atoms with Gasteiger partial charge in [0.05, 0.1) is 0 Å². The second-order valence-corrected chi connectivity index (χ2v) is 18.0. The molecule has 6 aliphatic rings. The number of carbonyl (C=O) groups excluding carboxylic acids is 1. The van der Waals surface area contributed by atoms with Crippen LogP contribution in [0.5, 0.6) is 0 Å². The summed E-state index contributed by atoms with van der Waals surface area (Å²) in [6.07, 6.45) is 21.6. The molecular formula is C32H51N5OS. The Balaban J connectivity index is 1.06. The molecule has 1 aromatic rings. The molecule has 5 fully saturated rings. The highest BCUT2D eigenvalue weighted by Gasteiger charge is 2.66. The Bertz CT molecular complexity index is 1070. The van der Waals surface area contributed by atoms with Crippen LogP contribution in [0.15, 0.2) is 12.2 Å². The van der Waals surface area contributed by atoms with Gasteiger partial charge in [0.25, 0.3) is 0 Å². The molecule has 39 heavy (non-hydrogen) atoms. The zero-order valence-electron chi connectivity index (χ0n) is 24.6. The lowest BCUT2D eigenvalue weighted by Gasteiger charge is -2.42. The first-order chi connectivity index (χ1) is 19.0. The first-order valence-corrected chi connectivity index (χ1v) is 18.4. The lowest BCUT2D eigenvalue weighted by molar-refractivity contribution is -0.126. The minimum absolute atomic E-state index is 0.255. The number of amides is 1. The van der Waals surface area contributed by atoms with Crippen molar-refractivity contribution in [3.05, 3.63) is 23.8 Å². The minimum Gasteiger partial charge on any atom is -0.352 e. The van der Waals surface area contributed by atoms with Gasteiger partial charge in [0.15, 0.2) is 0 Å². The number of aromatic nitrogens is 3. The number of aryl methyl sites for hydroxylation is 1. The van der Waals surface area contributed by atoms with E-state index in [-0.39, 0.29) is 5.92 Å². The molecule has 1 aromatic heterocycles. The Labute approximate surface area is 237 Å². The van der Waals surface area contributed by atoms with E-state index in [0.29, 0.717) is 41.2 Å². The van der Waals surface area contributed by atoms with E-state index in [1.165, 1.54) is 70.0 Å². The van der Waals surface area contributed by atoms with Crippen LogP contribution in [0.25, 0.3) is 0 Å². The Morgan fingerprint density at radius 2 is 1.69 bits per heavy atom. The molecule has 0 aromatic carbocycles. The van der Waals surface area contributed by atoms with Crippen LogP contribution in [0.3, 0.4) is 0 Å². The van der Waals surface area contributed by atoms with Crippen molar-refractivity contribution in [1.29, 1.82) is 0 Å². The molecule has 1 N–H and O–H groups in total. The van der Waals surface area contributed by atoms with E-state index in [1.807, 2.05) is 0 Å². The number of hydrogen-bond donors (Lipinski definition) is 1. The van der Waals surface area contributed by atoms with Crippen LogP contribution in [0, 0.1) is 12.8 Å². The van der Waals surface area contributed by atoms with Crippen molar-refractivity contribution >= 4 is 15.9 Å². The molecule has 5 heterocycles. The third-order valence-corrected chi connectivity index (χ3v) is 17.0. The topological polar surface area (TPSA) is 63.1 Å². The van der Waals surface area contributed by atoms with Gasteiger partial charge in [-0.05, 0) is 70.5 Å². The first kappa shape index (κ1) is 26.6. The predicted molar refractivity (Wildman–Crippen MR) is 161 cm³/mol. The number of nitrogens with zero attached hydrogens (tertiary/aromatic N) is 4. The molecule has 2 saturated carbocycles. The summed E-state index contributed by atoms with van der Waals surface area (Å²) < 4.78 is 2.48. The maximum Gasteiger partial charge on any atom is 0.223 e. The van der Waals surface area contributed by atoms with Crippen LogP contribution in [-0.4, -0.2) is 71.7 Å². The zero-order chi connectivity index (χ0) is 26.7. The van der Waals surface area contributed by atoms with E-state index < -0.39 is 10.0 Å². The van der Waals surface area contributed by atoms with Gasteiger partial charge < -0.3 is 9.88 Å². The van der Waals surface area contributed by atoms with Gasteiger partial charge in [0.2, 0.25) is 5.91 Å². The van der Waals surface area contributed by atoms with Gasteiger partial charge in [-0.3, -0.25) is 9.69 Å². The van der Waals surface area contributed by atoms with Gasteiger partial charge >= 0.3 is 0 Å². The van der Waals surface area contributed by atoms with Crippen molar-refractivity contribution in [3.8, 4) is 0 Å². The van der Waals surface area contributed by atoms with Gasteiger partial charge in [-0.15, -0.1) is 10.2 Å². The molecule has 1 amide bonds. The van der Waals surface area contributed by atoms with E-state index in [0.717, 1.165) is 48.0 Å². The summed E-state index contributed by atoms with van der Waals surface area (Å²) in [4.78, 5) is 16.4. The zero-order valence-corrected chi connectivity index (χ0v) is 25.4. The molecule has 2 aliphatic carbocycles. The van der Waals surface area contributed by atoms with E-state index in [2.05, 4.69) is 57.9 Å². The van der Waals surface area contributed by atoms with Crippen LogP contribution in [0.2, 0.25) is 0 Å². The van der Waals surface area contributed by atoms with Gasteiger partial charge in [0, 0.05) is 58.3 Å². The third-order valence-electron chi connectivity index (χ3n) is 11.7. The van der Waals surface area contributed by atoms with Gasteiger partial charge in [0.1, 0.15) is 11.6 Å². The van der Waals surface area contributed by atoms with Crippen molar-refractivity contribution in [2.75, 3.05) is 12.3 Å². The first-order valence-electron chi connectivity index (χ1n) is 16.4. The molecule has 7 heteroatoms. The minimum atomic E-state index is -0.577. The van der Waals surface area contributed by atoms with Crippen LogP contribution in [0.4, 0.5) is 0 Å². The molecule has 0 unspecified atom stereocenters. The summed E-state index contributed by atoms with van der Waals surface area (Å²) in [7, 11) is -0.577. The second kappa shape index (κ2) is 10.5. The fourth-order valence-corrected chi connectivity index (χ4v) is 16.0. The quantitative estimate of drug-likeness (QED) is 0.316. The number of fused-ring (bicyclic) bond motifs is 5. The van der Waals surface area contributed by atoms with Crippen molar-refractivity contribution in [2.24, 2.45) is 5.92 Å². The maximum atomic E-state index is 13.6. The van der Waals surface area contributed by atoms with Gasteiger partial charge in [-0.25, -0.2) is 10.0 Å². The van der Waals surface area contributed by atoms with E-state index in [4.69, 9.17) is 0 Å². The number of rotatable bonds is 8.